The number of aliphatic hydroxyl groups is 1. The minimum Gasteiger partial charge on any atom is -0.484 e. The third-order valence-corrected chi connectivity index (χ3v) is 3.36. The summed E-state index contributed by atoms with van der Waals surface area (Å²) in [5.74, 6) is -0.298. The summed E-state index contributed by atoms with van der Waals surface area (Å²) in [6, 6.07) is 6.43. The predicted octanol–water partition coefficient (Wildman–Crippen LogP) is 0.832. The van der Waals surface area contributed by atoms with E-state index in [0.29, 0.717) is 17.7 Å². The molecule has 116 valence electrons. The van der Waals surface area contributed by atoms with E-state index in [9.17, 15) is 9.59 Å². The number of nitrogens with one attached hydrogen (secondary N) is 1. The van der Waals surface area contributed by atoms with Gasteiger partial charge in [0.1, 0.15) is 5.75 Å². The summed E-state index contributed by atoms with van der Waals surface area (Å²) >= 11 is 0. The Bertz CT molecular complexity index is 487. The second kappa shape index (κ2) is 7.64. The third kappa shape index (κ3) is 5.43. The zero-order valence-corrected chi connectivity index (χ0v) is 12.4. The second-order valence-electron chi connectivity index (χ2n) is 5.12. The van der Waals surface area contributed by atoms with Gasteiger partial charge in [0.2, 0.25) is 0 Å². The monoisotopic (exact) mass is 294 g/mol. The zero-order chi connectivity index (χ0) is 15.9. The van der Waals surface area contributed by atoms with Crippen LogP contribution < -0.4 is 15.8 Å². The van der Waals surface area contributed by atoms with Crippen molar-refractivity contribution in [3.63, 3.8) is 0 Å². The molecule has 4 N–H and O–H groups in total. The molecule has 0 aliphatic heterocycles. The van der Waals surface area contributed by atoms with Gasteiger partial charge in [-0.1, -0.05) is 6.92 Å². The molecule has 6 heteroatoms. The first-order valence-electron chi connectivity index (χ1n) is 6.85. The zero-order valence-electron chi connectivity index (χ0n) is 12.4. The van der Waals surface area contributed by atoms with Crippen LogP contribution in [0.3, 0.4) is 0 Å². The molecule has 0 spiro atoms. The Kier molecular flexibility index (Phi) is 6.17. The van der Waals surface area contributed by atoms with Gasteiger partial charge in [-0.15, -0.1) is 0 Å². The van der Waals surface area contributed by atoms with Gasteiger partial charge in [0.05, 0.1) is 0 Å². The molecule has 0 aromatic heterocycles. The van der Waals surface area contributed by atoms with Crippen molar-refractivity contribution in [2.75, 3.05) is 13.2 Å². The molecular formula is C15H22N2O4. The SMILES string of the molecule is CCC(C)(CCO)NC(=O)c1ccc(OCC(N)=O)cc1. The topological polar surface area (TPSA) is 102 Å². The van der Waals surface area contributed by atoms with Gasteiger partial charge in [0.25, 0.3) is 11.8 Å². The number of amides is 2. The number of nitrogens with two attached hydrogens (primary N) is 1. The first kappa shape index (κ1) is 17.0. The van der Waals surface area contributed by atoms with E-state index in [4.69, 9.17) is 15.6 Å². The molecule has 0 aliphatic carbocycles. The maximum absolute atomic E-state index is 12.2. The average Bonchev–Trinajstić information content (AvgIpc) is 2.45. The molecule has 1 aromatic carbocycles. The summed E-state index contributed by atoms with van der Waals surface area (Å²) in [7, 11) is 0. The Morgan fingerprint density at radius 1 is 1.33 bits per heavy atom. The molecule has 21 heavy (non-hydrogen) atoms. The molecule has 0 saturated carbocycles. The van der Waals surface area contributed by atoms with Crippen LogP contribution in [-0.2, 0) is 4.79 Å². The van der Waals surface area contributed by atoms with E-state index in [2.05, 4.69) is 5.32 Å². The number of rotatable bonds is 8. The van der Waals surface area contributed by atoms with Crippen molar-refractivity contribution >= 4 is 11.8 Å². The Morgan fingerprint density at radius 3 is 2.43 bits per heavy atom. The average molecular weight is 294 g/mol. The van der Waals surface area contributed by atoms with Crippen LogP contribution in [0.4, 0.5) is 0 Å². The summed E-state index contributed by atoms with van der Waals surface area (Å²) in [6.45, 7) is 3.67. The highest BCUT2D eigenvalue weighted by molar-refractivity contribution is 5.94. The van der Waals surface area contributed by atoms with Crippen molar-refractivity contribution in [3.05, 3.63) is 29.8 Å². The fourth-order valence-electron chi connectivity index (χ4n) is 1.78. The van der Waals surface area contributed by atoms with Crippen molar-refractivity contribution in [2.45, 2.75) is 32.2 Å². The molecule has 1 rings (SSSR count). The summed E-state index contributed by atoms with van der Waals surface area (Å²) in [4.78, 5) is 22.8. The van der Waals surface area contributed by atoms with Gasteiger partial charge < -0.3 is 20.9 Å². The number of hydrogen-bond acceptors (Lipinski definition) is 4. The Labute approximate surface area is 124 Å². The minimum absolute atomic E-state index is 0.0184. The maximum atomic E-state index is 12.2. The van der Waals surface area contributed by atoms with E-state index in [1.807, 2.05) is 13.8 Å². The molecule has 0 aliphatic rings. The van der Waals surface area contributed by atoms with Gasteiger partial charge >= 0.3 is 0 Å². The van der Waals surface area contributed by atoms with Crippen LogP contribution in [0.1, 0.15) is 37.0 Å². The van der Waals surface area contributed by atoms with Gasteiger partial charge in [-0.05, 0) is 44.0 Å². The lowest BCUT2D eigenvalue weighted by atomic mass is 9.94. The Morgan fingerprint density at radius 2 is 1.95 bits per heavy atom. The molecule has 1 atom stereocenters. The van der Waals surface area contributed by atoms with Crippen LogP contribution in [0.2, 0.25) is 0 Å². The predicted molar refractivity (Wildman–Crippen MR) is 79.0 cm³/mol. The van der Waals surface area contributed by atoms with E-state index in [1.54, 1.807) is 24.3 Å². The Hall–Kier alpha value is -2.08. The molecule has 0 saturated heterocycles. The van der Waals surface area contributed by atoms with Gasteiger partial charge in [-0.25, -0.2) is 0 Å². The lowest BCUT2D eigenvalue weighted by molar-refractivity contribution is -0.119. The third-order valence-electron chi connectivity index (χ3n) is 3.36. The molecule has 1 aromatic rings. The van der Waals surface area contributed by atoms with E-state index in [1.165, 1.54) is 0 Å². The lowest BCUT2D eigenvalue weighted by Gasteiger charge is -2.29. The molecule has 0 heterocycles. The summed E-state index contributed by atoms with van der Waals surface area (Å²) < 4.78 is 5.12. The first-order chi connectivity index (χ1) is 9.90. The molecule has 1 unspecified atom stereocenters. The van der Waals surface area contributed by atoms with Gasteiger partial charge in [0, 0.05) is 17.7 Å². The van der Waals surface area contributed by atoms with Crippen molar-refractivity contribution in [1.29, 1.82) is 0 Å². The smallest absolute Gasteiger partial charge is 0.255 e. The number of aliphatic hydroxyl groups excluding tert-OH is 1. The maximum Gasteiger partial charge on any atom is 0.255 e. The van der Waals surface area contributed by atoms with E-state index < -0.39 is 11.4 Å². The highest BCUT2D eigenvalue weighted by Gasteiger charge is 2.24. The fraction of sp³-hybridized carbons (Fsp3) is 0.467. The number of benzene rings is 1. The molecule has 0 bridgehead atoms. The summed E-state index contributed by atoms with van der Waals surface area (Å²) in [5.41, 5.74) is 5.03. The van der Waals surface area contributed by atoms with Gasteiger partial charge in [-0.3, -0.25) is 9.59 Å². The quantitative estimate of drug-likeness (QED) is 0.661. The molecule has 2 amide bonds. The van der Waals surface area contributed by atoms with Crippen molar-refractivity contribution in [3.8, 4) is 5.75 Å². The van der Waals surface area contributed by atoms with Crippen LogP contribution in [0.15, 0.2) is 24.3 Å². The van der Waals surface area contributed by atoms with Crippen molar-refractivity contribution in [1.82, 2.24) is 5.32 Å². The van der Waals surface area contributed by atoms with E-state index in [0.717, 1.165) is 6.42 Å². The Balaban J connectivity index is 2.68. The standard InChI is InChI=1S/C15H22N2O4/c1-3-15(2,8-9-18)17-14(20)11-4-6-12(7-5-11)21-10-13(16)19/h4-7,18H,3,8-10H2,1-2H3,(H2,16,19)(H,17,20). The van der Waals surface area contributed by atoms with E-state index in [-0.39, 0.29) is 19.1 Å². The van der Waals surface area contributed by atoms with Gasteiger partial charge in [-0.2, -0.15) is 0 Å². The van der Waals surface area contributed by atoms with Crippen LogP contribution >= 0.6 is 0 Å². The van der Waals surface area contributed by atoms with Crippen LogP contribution in [0.25, 0.3) is 0 Å². The number of carbonyl (C=O) groups is 2. The second-order valence-corrected chi connectivity index (χ2v) is 5.12. The summed E-state index contributed by atoms with van der Waals surface area (Å²) in [5, 5.41) is 12.0. The fourth-order valence-corrected chi connectivity index (χ4v) is 1.78. The minimum atomic E-state index is -0.556. The molecular weight excluding hydrogens is 272 g/mol. The largest absolute Gasteiger partial charge is 0.484 e. The van der Waals surface area contributed by atoms with Crippen LogP contribution in [0, 0.1) is 0 Å². The van der Waals surface area contributed by atoms with Crippen LogP contribution in [0.5, 0.6) is 5.75 Å². The highest BCUT2D eigenvalue weighted by atomic mass is 16.5. The molecule has 0 radical (unpaired) electrons. The van der Waals surface area contributed by atoms with Gasteiger partial charge in [0.15, 0.2) is 6.61 Å². The van der Waals surface area contributed by atoms with Crippen molar-refractivity contribution < 1.29 is 19.4 Å². The molecule has 6 nitrogen and oxygen atoms in total. The number of carbonyl (C=O) groups excluding carboxylic acids is 2. The van der Waals surface area contributed by atoms with Crippen molar-refractivity contribution in [2.24, 2.45) is 5.73 Å². The number of ether oxygens (including phenoxy) is 1. The van der Waals surface area contributed by atoms with Crippen LogP contribution in [-0.4, -0.2) is 35.7 Å². The highest BCUT2D eigenvalue weighted by Crippen LogP contribution is 2.16. The van der Waals surface area contributed by atoms with E-state index >= 15 is 0 Å². The number of hydrogen-bond donors (Lipinski definition) is 3. The normalized spacial score (nSPS) is 13.3. The lowest BCUT2D eigenvalue weighted by Crippen LogP contribution is -2.46. The number of primary amides is 1. The first-order valence-corrected chi connectivity index (χ1v) is 6.85. The molecule has 0 fully saturated rings. The summed E-state index contributed by atoms with van der Waals surface area (Å²) in [6.07, 6.45) is 1.22.